The molecule has 0 fully saturated rings. The number of fused-ring (bicyclic) bond motifs is 1. The van der Waals surface area contributed by atoms with Gasteiger partial charge in [0.05, 0.1) is 35.7 Å². The number of anilines is 2. The van der Waals surface area contributed by atoms with E-state index in [1.807, 2.05) is 19.9 Å². The van der Waals surface area contributed by atoms with Gasteiger partial charge in [0.1, 0.15) is 6.04 Å². The Balaban J connectivity index is 1.83. The van der Waals surface area contributed by atoms with E-state index in [9.17, 15) is 13.2 Å². The third-order valence-electron chi connectivity index (χ3n) is 5.41. The second-order valence-corrected chi connectivity index (χ2v) is 10.2. The van der Waals surface area contributed by atoms with E-state index >= 15 is 0 Å². The van der Waals surface area contributed by atoms with Crippen molar-refractivity contribution < 1.29 is 17.9 Å². The highest BCUT2D eigenvalue weighted by Gasteiger charge is 2.36. The Morgan fingerprint density at radius 1 is 1.30 bits per heavy atom. The zero-order chi connectivity index (χ0) is 24.0. The number of benzene rings is 1. The molecule has 1 atom stereocenters. The number of carbonyl (C=O) groups is 1. The molecule has 1 aromatic heterocycles. The highest BCUT2D eigenvalue weighted by molar-refractivity contribution is 7.89. The summed E-state index contributed by atoms with van der Waals surface area (Å²) in [5.74, 6) is -0.431. The summed E-state index contributed by atoms with van der Waals surface area (Å²) in [6.07, 6.45) is 5.39. The van der Waals surface area contributed by atoms with Gasteiger partial charge in [0.2, 0.25) is 10.0 Å². The molecule has 2 heterocycles. The minimum atomic E-state index is -3.94. The van der Waals surface area contributed by atoms with Gasteiger partial charge in [0.25, 0.3) is 0 Å². The lowest BCUT2D eigenvalue weighted by Gasteiger charge is -2.29. The van der Waals surface area contributed by atoms with Gasteiger partial charge in [-0.2, -0.15) is 4.31 Å². The molecule has 1 aliphatic heterocycles. The van der Waals surface area contributed by atoms with Crippen molar-refractivity contribution >= 4 is 27.4 Å². The Bertz CT molecular complexity index is 1070. The van der Waals surface area contributed by atoms with Crippen molar-refractivity contribution in [3.05, 3.63) is 60.9 Å². The molecule has 0 radical (unpaired) electrons. The van der Waals surface area contributed by atoms with Gasteiger partial charge < -0.3 is 15.0 Å². The predicted octanol–water partition coefficient (Wildman–Crippen LogP) is 3.63. The van der Waals surface area contributed by atoms with Gasteiger partial charge in [0, 0.05) is 19.3 Å². The molecule has 1 aliphatic rings. The Morgan fingerprint density at radius 3 is 2.67 bits per heavy atom. The third-order valence-corrected chi connectivity index (χ3v) is 7.30. The molecule has 2 aromatic rings. The molecule has 0 aliphatic carbocycles. The number of hydrogen-bond donors (Lipinski definition) is 1. The van der Waals surface area contributed by atoms with Crippen LogP contribution in [0.1, 0.15) is 32.8 Å². The fraction of sp³-hybridized carbons (Fsp3) is 0.417. The van der Waals surface area contributed by atoms with Crippen LogP contribution in [0.4, 0.5) is 11.4 Å². The Labute approximate surface area is 196 Å². The number of carbonyl (C=O) groups excluding carboxylic acids is 1. The molecular weight excluding hydrogens is 440 g/mol. The zero-order valence-corrected chi connectivity index (χ0v) is 20.2. The van der Waals surface area contributed by atoms with Crippen LogP contribution < -0.4 is 10.2 Å². The van der Waals surface area contributed by atoms with E-state index in [2.05, 4.69) is 21.8 Å². The molecule has 3 rings (SSSR count). The first kappa shape index (κ1) is 24.7. The number of hydrogen-bond acceptors (Lipinski definition) is 7. The first-order valence-electron chi connectivity index (χ1n) is 11.1. The number of aromatic nitrogens is 1. The van der Waals surface area contributed by atoms with Crippen LogP contribution in [0.15, 0.2) is 60.3 Å². The highest BCUT2D eigenvalue weighted by atomic mass is 32.2. The summed E-state index contributed by atoms with van der Waals surface area (Å²) in [6.45, 7) is 10.8. The second kappa shape index (κ2) is 10.8. The minimum absolute atomic E-state index is 0.0184. The molecule has 1 aromatic carbocycles. The van der Waals surface area contributed by atoms with E-state index in [0.717, 1.165) is 16.9 Å². The molecule has 0 amide bonds. The van der Waals surface area contributed by atoms with Crippen molar-refractivity contribution in [2.45, 2.75) is 44.7 Å². The van der Waals surface area contributed by atoms with E-state index in [1.165, 1.54) is 10.4 Å². The highest BCUT2D eigenvalue weighted by Crippen LogP contribution is 2.31. The minimum Gasteiger partial charge on any atom is -0.465 e. The fourth-order valence-electron chi connectivity index (χ4n) is 3.86. The maximum atomic E-state index is 13.5. The summed E-state index contributed by atoms with van der Waals surface area (Å²) >= 11 is 0. The maximum Gasteiger partial charge on any atom is 0.324 e. The molecule has 0 bridgehead atoms. The maximum absolute atomic E-state index is 13.5. The normalized spacial score (nSPS) is 14.2. The molecule has 0 spiro atoms. The first-order chi connectivity index (χ1) is 15.8. The zero-order valence-electron chi connectivity index (χ0n) is 19.4. The lowest BCUT2D eigenvalue weighted by Crippen LogP contribution is -2.46. The van der Waals surface area contributed by atoms with Crippen molar-refractivity contribution in [3.63, 3.8) is 0 Å². The lowest BCUT2D eigenvalue weighted by molar-refractivity contribution is -0.148. The number of rotatable bonds is 11. The molecule has 8 nitrogen and oxygen atoms in total. The van der Waals surface area contributed by atoms with Gasteiger partial charge in [-0.3, -0.25) is 9.78 Å². The van der Waals surface area contributed by atoms with Gasteiger partial charge in [-0.05, 0) is 43.0 Å². The molecule has 1 N–H and O–H groups in total. The summed E-state index contributed by atoms with van der Waals surface area (Å²) in [5.41, 5.74) is 3.01. The summed E-state index contributed by atoms with van der Waals surface area (Å²) in [7, 11) is -3.94. The van der Waals surface area contributed by atoms with Gasteiger partial charge in [0.15, 0.2) is 0 Å². The van der Waals surface area contributed by atoms with Crippen molar-refractivity contribution in [1.29, 1.82) is 0 Å². The summed E-state index contributed by atoms with van der Waals surface area (Å²) in [5, 5.41) is 3.29. The molecule has 33 heavy (non-hydrogen) atoms. The fourth-order valence-corrected chi connectivity index (χ4v) is 5.42. The monoisotopic (exact) mass is 472 g/mol. The summed E-state index contributed by atoms with van der Waals surface area (Å²) in [4.78, 5) is 19.1. The van der Waals surface area contributed by atoms with E-state index < -0.39 is 22.0 Å². The van der Waals surface area contributed by atoms with Crippen LogP contribution >= 0.6 is 0 Å². The number of nitrogens with one attached hydrogen (secondary N) is 1. The number of ether oxygens (including phenoxy) is 1. The second-order valence-electron chi connectivity index (χ2n) is 8.33. The van der Waals surface area contributed by atoms with Crippen molar-refractivity contribution in [3.8, 4) is 0 Å². The molecule has 0 saturated heterocycles. The Hall–Kier alpha value is -2.91. The van der Waals surface area contributed by atoms with E-state index in [-0.39, 0.29) is 24.0 Å². The smallest absolute Gasteiger partial charge is 0.324 e. The number of sulfonamides is 1. The molecule has 0 saturated carbocycles. The van der Waals surface area contributed by atoms with Crippen LogP contribution in [0.2, 0.25) is 0 Å². The summed E-state index contributed by atoms with van der Waals surface area (Å²) < 4.78 is 33.4. The average molecular weight is 473 g/mol. The van der Waals surface area contributed by atoms with Gasteiger partial charge >= 0.3 is 5.97 Å². The van der Waals surface area contributed by atoms with Crippen molar-refractivity contribution in [1.82, 2.24) is 9.29 Å². The molecular formula is C24H32N4O4S. The van der Waals surface area contributed by atoms with Crippen LogP contribution in [-0.2, 0) is 26.1 Å². The topological polar surface area (TPSA) is 91.8 Å². The molecule has 178 valence electrons. The van der Waals surface area contributed by atoms with E-state index in [1.54, 1.807) is 43.6 Å². The lowest BCUT2D eigenvalue weighted by atomic mass is 10.0. The van der Waals surface area contributed by atoms with E-state index in [0.29, 0.717) is 19.6 Å². The van der Waals surface area contributed by atoms with Crippen LogP contribution in [-0.4, -0.2) is 49.5 Å². The van der Waals surface area contributed by atoms with Gasteiger partial charge in [-0.15, -0.1) is 6.58 Å². The molecule has 9 heteroatoms. The van der Waals surface area contributed by atoms with Crippen molar-refractivity contribution in [2.24, 2.45) is 5.92 Å². The van der Waals surface area contributed by atoms with Gasteiger partial charge in [-0.25, -0.2) is 8.42 Å². The summed E-state index contributed by atoms with van der Waals surface area (Å²) in [6, 6.07) is 7.84. The number of esters is 1. The number of nitrogens with zero attached hydrogens (tertiary/aromatic N) is 3. The first-order valence-corrected chi connectivity index (χ1v) is 12.5. The van der Waals surface area contributed by atoms with Crippen LogP contribution in [0.5, 0.6) is 0 Å². The van der Waals surface area contributed by atoms with Crippen LogP contribution in [0.3, 0.4) is 0 Å². The quantitative estimate of drug-likeness (QED) is 0.394. The van der Waals surface area contributed by atoms with Crippen LogP contribution in [0.25, 0.3) is 0 Å². The van der Waals surface area contributed by atoms with E-state index in [4.69, 9.17) is 4.74 Å². The average Bonchev–Trinajstić information content (AvgIpc) is 3.19. The van der Waals surface area contributed by atoms with Gasteiger partial charge in [-0.1, -0.05) is 32.1 Å². The van der Waals surface area contributed by atoms with Crippen molar-refractivity contribution in [2.75, 3.05) is 30.0 Å². The predicted molar refractivity (Wildman–Crippen MR) is 129 cm³/mol. The SMILES string of the molecule is C=CCN([C@@H](CC(C)C)C(=O)OCC)S(=O)(=O)c1ccc(CN2CNc3cnccc32)cc1. The van der Waals surface area contributed by atoms with Crippen LogP contribution in [0, 0.1) is 5.92 Å². The molecule has 0 unspecified atom stereocenters. The Kier molecular flexibility index (Phi) is 8.10. The largest absolute Gasteiger partial charge is 0.465 e. The number of pyridine rings is 1. The Morgan fingerprint density at radius 2 is 2.03 bits per heavy atom. The third kappa shape index (κ3) is 5.72. The standard InChI is InChI=1S/C24H32N4O4S/c1-5-13-28(23(14-18(3)4)24(29)32-6-2)33(30,31)20-9-7-19(8-10-20)16-27-17-26-21-15-25-12-11-22(21)27/h5,7-12,15,18,23,26H,1,6,13-14,16-17H2,2-4H3/t23-/m0/s1.